The molecule has 0 aromatic heterocycles. The predicted octanol–water partition coefficient (Wildman–Crippen LogP) is 1.53. The van der Waals surface area contributed by atoms with Crippen molar-refractivity contribution in [1.82, 2.24) is 5.32 Å². The normalized spacial score (nSPS) is 16.3. The van der Waals surface area contributed by atoms with Gasteiger partial charge in [-0.1, -0.05) is 6.07 Å². The third-order valence-electron chi connectivity index (χ3n) is 3.09. The average molecular weight is 251 g/mol. The maximum atomic E-state index is 11.2. The Morgan fingerprint density at radius 1 is 1.56 bits per heavy atom. The van der Waals surface area contributed by atoms with E-state index in [2.05, 4.69) is 5.32 Å². The SMILES string of the molecule is COc1ccc(C(NCC2CC2)C(=O)O)cc1O. The fraction of sp³-hybridized carbons (Fsp3) is 0.462. The second-order valence-corrected chi connectivity index (χ2v) is 4.55. The van der Waals surface area contributed by atoms with E-state index >= 15 is 0 Å². The molecule has 0 amide bonds. The topological polar surface area (TPSA) is 78.8 Å². The van der Waals surface area contributed by atoms with Gasteiger partial charge in [-0.3, -0.25) is 4.79 Å². The van der Waals surface area contributed by atoms with Crippen molar-refractivity contribution in [1.29, 1.82) is 0 Å². The molecule has 5 heteroatoms. The van der Waals surface area contributed by atoms with Gasteiger partial charge >= 0.3 is 5.97 Å². The van der Waals surface area contributed by atoms with Gasteiger partial charge in [-0.05, 0) is 43.0 Å². The summed E-state index contributed by atoms with van der Waals surface area (Å²) in [7, 11) is 1.45. The van der Waals surface area contributed by atoms with Gasteiger partial charge in [-0.2, -0.15) is 0 Å². The molecule has 0 radical (unpaired) electrons. The molecule has 1 fully saturated rings. The Hall–Kier alpha value is -1.75. The maximum Gasteiger partial charge on any atom is 0.325 e. The van der Waals surface area contributed by atoms with E-state index in [1.165, 1.54) is 13.2 Å². The van der Waals surface area contributed by atoms with E-state index in [-0.39, 0.29) is 5.75 Å². The van der Waals surface area contributed by atoms with Crippen molar-refractivity contribution in [2.45, 2.75) is 18.9 Å². The second-order valence-electron chi connectivity index (χ2n) is 4.55. The molecular weight excluding hydrogens is 234 g/mol. The predicted molar refractivity (Wildman–Crippen MR) is 65.8 cm³/mol. The number of carbonyl (C=O) groups is 1. The Morgan fingerprint density at radius 3 is 2.78 bits per heavy atom. The van der Waals surface area contributed by atoms with Gasteiger partial charge in [0.2, 0.25) is 0 Å². The Bertz CT molecular complexity index is 443. The molecule has 0 aliphatic heterocycles. The van der Waals surface area contributed by atoms with Gasteiger partial charge < -0.3 is 20.3 Å². The maximum absolute atomic E-state index is 11.2. The van der Waals surface area contributed by atoms with Crippen molar-refractivity contribution in [3.05, 3.63) is 23.8 Å². The molecule has 0 heterocycles. The van der Waals surface area contributed by atoms with Crippen LogP contribution in [0.2, 0.25) is 0 Å². The molecule has 0 bridgehead atoms. The zero-order valence-corrected chi connectivity index (χ0v) is 10.2. The van der Waals surface area contributed by atoms with E-state index in [0.717, 1.165) is 12.8 Å². The molecule has 1 unspecified atom stereocenters. The first-order chi connectivity index (χ1) is 8.61. The van der Waals surface area contributed by atoms with Crippen LogP contribution in [0.25, 0.3) is 0 Å². The Balaban J connectivity index is 2.13. The molecule has 0 saturated heterocycles. The van der Waals surface area contributed by atoms with Crippen molar-refractivity contribution in [2.24, 2.45) is 5.92 Å². The summed E-state index contributed by atoms with van der Waals surface area (Å²) in [6.45, 7) is 0.698. The Kier molecular flexibility index (Phi) is 3.72. The Labute approximate surface area is 105 Å². The molecule has 1 atom stereocenters. The van der Waals surface area contributed by atoms with E-state index in [1.807, 2.05) is 0 Å². The minimum absolute atomic E-state index is 0.0468. The number of aliphatic carboxylic acids is 1. The number of phenols is 1. The van der Waals surface area contributed by atoms with Crippen LogP contribution in [0.4, 0.5) is 0 Å². The van der Waals surface area contributed by atoms with Crippen LogP contribution in [0.3, 0.4) is 0 Å². The number of methoxy groups -OCH3 is 1. The van der Waals surface area contributed by atoms with Gasteiger partial charge in [-0.15, -0.1) is 0 Å². The van der Waals surface area contributed by atoms with Gasteiger partial charge in [-0.25, -0.2) is 0 Å². The minimum atomic E-state index is -0.944. The van der Waals surface area contributed by atoms with Crippen LogP contribution in [-0.2, 0) is 4.79 Å². The molecular formula is C13H17NO4. The zero-order valence-electron chi connectivity index (χ0n) is 10.2. The highest BCUT2D eigenvalue weighted by Gasteiger charge is 2.26. The molecule has 1 aromatic rings. The number of ether oxygens (including phenoxy) is 1. The zero-order chi connectivity index (χ0) is 13.1. The molecule has 2 rings (SSSR count). The highest BCUT2D eigenvalue weighted by Crippen LogP contribution is 2.31. The van der Waals surface area contributed by atoms with E-state index < -0.39 is 12.0 Å². The van der Waals surface area contributed by atoms with Gasteiger partial charge in [0.15, 0.2) is 11.5 Å². The summed E-state index contributed by atoms with van der Waals surface area (Å²) < 4.78 is 4.93. The summed E-state index contributed by atoms with van der Waals surface area (Å²) in [5, 5.41) is 21.9. The summed E-state index contributed by atoms with van der Waals surface area (Å²) >= 11 is 0. The molecule has 0 spiro atoms. The lowest BCUT2D eigenvalue weighted by molar-refractivity contribution is -0.139. The van der Waals surface area contributed by atoms with Crippen molar-refractivity contribution >= 4 is 5.97 Å². The lowest BCUT2D eigenvalue weighted by atomic mass is 10.1. The summed E-state index contributed by atoms with van der Waals surface area (Å²) in [6, 6.07) is 3.86. The Morgan fingerprint density at radius 2 is 2.28 bits per heavy atom. The van der Waals surface area contributed by atoms with Gasteiger partial charge in [0.25, 0.3) is 0 Å². The van der Waals surface area contributed by atoms with E-state index in [1.54, 1.807) is 12.1 Å². The van der Waals surface area contributed by atoms with Gasteiger partial charge in [0.1, 0.15) is 6.04 Å². The number of carboxylic acids is 1. The standard InChI is InChI=1S/C13H17NO4/c1-18-11-5-4-9(6-10(11)15)12(13(16)17)14-7-8-2-3-8/h4-6,8,12,14-15H,2-3,7H2,1H3,(H,16,17). The number of carboxylic acid groups (broad SMARTS) is 1. The minimum Gasteiger partial charge on any atom is -0.504 e. The summed E-state index contributed by atoms with van der Waals surface area (Å²) in [5.74, 6) is -0.0570. The average Bonchev–Trinajstić information content (AvgIpc) is 3.13. The number of hydrogen-bond acceptors (Lipinski definition) is 4. The lowest BCUT2D eigenvalue weighted by Gasteiger charge is -2.15. The van der Waals surface area contributed by atoms with Crippen LogP contribution in [0, 0.1) is 5.92 Å². The lowest BCUT2D eigenvalue weighted by Crippen LogP contribution is -2.30. The molecule has 1 aromatic carbocycles. The van der Waals surface area contributed by atoms with E-state index in [4.69, 9.17) is 4.74 Å². The van der Waals surface area contributed by atoms with Crippen molar-refractivity contribution in [2.75, 3.05) is 13.7 Å². The molecule has 1 saturated carbocycles. The third kappa shape index (κ3) is 2.92. The molecule has 5 nitrogen and oxygen atoms in total. The monoisotopic (exact) mass is 251 g/mol. The summed E-state index contributed by atoms with van der Waals surface area (Å²) in [6.07, 6.45) is 2.32. The fourth-order valence-corrected chi connectivity index (χ4v) is 1.84. The number of phenolic OH excluding ortho intramolecular Hbond substituents is 1. The van der Waals surface area contributed by atoms with Gasteiger partial charge in [0, 0.05) is 0 Å². The molecule has 3 N–H and O–H groups in total. The highest BCUT2D eigenvalue weighted by atomic mass is 16.5. The van der Waals surface area contributed by atoms with Crippen LogP contribution in [0.5, 0.6) is 11.5 Å². The van der Waals surface area contributed by atoms with Crippen LogP contribution < -0.4 is 10.1 Å². The van der Waals surface area contributed by atoms with Crippen LogP contribution >= 0.6 is 0 Å². The van der Waals surface area contributed by atoms with Gasteiger partial charge in [0.05, 0.1) is 7.11 Å². The third-order valence-corrected chi connectivity index (χ3v) is 3.09. The summed E-state index contributed by atoms with van der Waals surface area (Å²) in [4.78, 5) is 11.2. The quantitative estimate of drug-likeness (QED) is 0.714. The first-order valence-corrected chi connectivity index (χ1v) is 5.95. The number of nitrogens with one attached hydrogen (secondary N) is 1. The van der Waals surface area contributed by atoms with Crippen molar-refractivity contribution in [3.63, 3.8) is 0 Å². The first kappa shape index (κ1) is 12.7. The van der Waals surface area contributed by atoms with Crippen LogP contribution in [0.15, 0.2) is 18.2 Å². The number of benzene rings is 1. The smallest absolute Gasteiger partial charge is 0.325 e. The second kappa shape index (κ2) is 5.27. The van der Waals surface area contributed by atoms with E-state index in [9.17, 15) is 15.0 Å². The molecule has 1 aliphatic rings. The molecule has 18 heavy (non-hydrogen) atoms. The van der Waals surface area contributed by atoms with Crippen molar-refractivity contribution < 1.29 is 19.7 Å². The van der Waals surface area contributed by atoms with Crippen LogP contribution in [0.1, 0.15) is 24.4 Å². The number of rotatable bonds is 6. The van der Waals surface area contributed by atoms with Crippen molar-refractivity contribution in [3.8, 4) is 11.5 Å². The summed E-state index contributed by atoms with van der Waals surface area (Å²) in [5.41, 5.74) is 0.529. The van der Waals surface area contributed by atoms with Crippen LogP contribution in [-0.4, -0.2) is 29.8 Å². The first-order valence-electron chi connectivity index (χ1n) is 5.95. The molecule has 98 valence electrons. The fourth-order valence-electron chi connectivity index (χ4n) is 1.84. The number of hydrogen-bond donors (Lipinski definition) is 3. The molecule has 1 aliphatic carbocycles. The van der Waals surface area contributed by atoms with E-state index in [0.29, 0.717) is 23.8 Å². The highest BCUT2D eigenvalue weighted by molar-refractivity contribution is 5.76. The number of aromatic hydroxyl groups is 1. The largest absolute Gasteiger partial charge is 0.504 e.